The van der Waals surface area contributed by atoms with Crippen LogP contribution in [-0.2, 0) is 0 Å². The van der Waals surface area contributed by atoms with Gasteiger partial charge in [0.15, 0.2) is 0 Å². The molecule has 3 N–H and O–H groups in total. The molecule has 0 bridgehead atoms. The van der Waals surface area contributed by atoms with Crippen molar-refractivity contribution in [2.75, 3.05) is 13.2 Å². The molecule has 1 aromatic rings. The molecule has 0 aromatic heterocycles. The number of fused-ring (bicyclic) bond motifs is 1. The standard InChI is InChI=1S/C27H38FNO3/c1-17-4-9-23-22(15-29-25(32)18-5-7-20(28)8-6-18)24(11-13-26(17,23)2)27(3)12-10-21(31)14-19(27)16-30/h5-8,19,21-24,30-31H,1,4,9-16H2,2-3H3,(H,29,32)/t19-,21+,22+,23+,24+,26-,27+/m1/s1. The maximum absolute atomic E-state index is 13.3. The van der Waals surface area contributed by atoms with Gasteiger partial charge in [-0.1, -0.05) is 26.0 Å². The number of aliphatic hydroxyl groups is 2. The van der Waals surface area contributed by atoms with Crippen molar-refractivity contribution >= 4 is 5.91 Å². The normalized spacial score (nSPS) is 39.5. The van der Waals surface area contributed by atoms with Gasteiger partial charge in [-0.15, -0.1) is 0 Å². The highest BCUT2D eigenvalue weighted by Gasteiger charge is 2.56. The van der Waals surface area contributed by atoms with Crippen molar-refractivity contribution in [1.29, 1.82) is 0 Å². The van der Waals surface area contributed by atoms with E-state index in [4.69, 9.17) is 0 Å². The van der Waals surface area contributed by atoms with E-state index in [0.29, 0.717) is 30.4 Å². The molecular formula is C27H38FNO3. The number of amides is 1. The van der Waals surface area contributed by atoms with Crippen molar-refractivity contribution < 1.29 is 19.4 Å². The Labute approximate surface area is 191 Å². The van der Waals surface area contributed by atoms with Crippen LogP contribution in [-0.4, -0.2) is 35.4 Å². The molecule has 0 radical (unpaired) electrons. The molecule has 3 aliphatic rings. The van der Waals surface area contributed by atoms with E-state index in [1.165, 1.54) is 29.8 Å². The molecule has 3 saturated carbocycles. The highest BCUT2D eigenvalue weighted by molar-refractivity contribution is 5.94. The quantitative estimate of drug-likeness (QED) is 0.577. The molecule has 176 valence electrons. The average Bonchev–Trinajstić information content (AvgIpc) is 3.08. The molecule has 1 amide bonds. The Kier molecular flexibility index (Phi) is 6.52. The summed E-state index contributed by atoms with van der Waals surface area (Å²) in [4.78, 5) is 12.8. The zero-order valence-electron chi connectivity index (χ0n) is 19.4. The fraction of sp³-hybridized carbons (Fsp3) is 0.667. The summed E-state index contributed by atoms with van der Waals surface area (Å²) in [6.45, 7) is 9.70. The molecule has 5 heteroatoms. The molecule has 4 nitrogen and oxygen atoms in total. The summed E-state index contributed by atoms with van der Waals surface area (Å²) >= 11 is 0. The highest BCUT2D eigenvalue weighted by atomic mass is 19.1. The van der Waals surface area contributed by atoms with Gasteiger partial charge in [-0.3, -0.25) is 4.79 Å². The Morgan fingerprint density at radius 1 is 1.16 bits per heavy atom. The van der Waals surface area contributed by atoms with Crippen LogP contribution < -0.4 is 5.32 Å². The van der Waals surface area contributed by atoms with E-state index in [9.17, 15) is 19.4 Å². The fourth-order valence-corrected chi connectivity index (χ4v) is 7.38. The average molecular weight is 444 g/mol. The number of hydrogen-bond acceptors (Lipinski definition) is 3. The predicted octanol–water partition coefficient (Wildman–Crippen LogP) is 4.71. The molecule has 1 aromatic carbocycles. The van der Waals surface area contributed by atoms with Crippen LogP contribution in [0.1, 0.15) is 69.2 Å². The van der Waals surface area contributed by atoms with Crippen molar-refractivity contribution in [3.63, 3.8) is 0 Å². The van der Waals surface area contributed by atoms with Crippen LogP contribution in [0.3, 0.4) is 0 Å². The first-order chi connectivity index (χ1) is 15.2. The van der Waals surface area contributed by atoms with Gasteiger partial charge < -0.3 is 15.5 Å². The van der Waals surface area contributed by atoms with Crippen molar-refractivity contribution in [3.05, 3.63) is 47.8 Å². The minimum Gasteiger partial charge on any atom is -0.396 e. The third-order valence-corrected chi connectivity index (χ3v) is 9.57. The number of hydrogen-bond donors (Lipinski definition) is 3. The van der Waals surface area contributed by atoms with Crippen LogP contribution in [0, 0.1) is 40.3 Å². The number of benzene rings is 1. The van der Waals surface area contributed by atoms with Gasteiger partial charge in [-0.05, 0) is 104 Å². The molecule has 4 rings (SSSR count). The van der Waals surface area contributed by atoms with Crippen LogP contribution in [0.25, 0.3) is 0 Å². The Hall–Kier alpha value is -1.72. The first kappa shape index (κ1) is 23.4. The number of allylic oxidation sites excluding steroid dienone is 1. The number of halogens is 1. The molecule has 0 saturated heterocycles. The van der Waals surface area contributed by atoms with Crippen LogP contribution in [0.15, 0.2) is 36.4 Å². The van der Waals surface area contributed by atoms with Gasteiger partial charge >= 0.3 is 0 Å². The monoisotopic (exact) mass is 443 g/mol. The van der Waals surface area contributed by atoms with E-state index in [2.05, 4.69) is 25.7 Å². The molecule has 32 heavy (non-hydrogen) atoms. The van der Waals surface area contributed by atoms with Gasteiger partial charge in [0.1, 0.15) is 5.82 Å². The Balaban J connectivity index is 1.60. The summed E-state index contributed by atoms with van der Waals surface area (Å²) in [5.74, 6) is 0.648. The second-order valence-electron chi connectivity index (χ2n) is 11.0. The molecular weight excluding hydrogens is 405 g/mol. The number of carbonyl (C=O) groups is 1. The summed E-state index contributed by atoms with van der Waals surface area (Å²) < 4.78 is 13.3. The zero-order chi connectivity index (χ0) is 23.1. The minimum atomic E-state index is -0.350. The predicted molar refractivity (Wildman–Crippen MR) is 123 cm³/mol. The Morgan fingerprint density at radius 2 is 1.88 bits per heavy atom. The SMILES string of the molecule is C=C1CC[C@H]2[C@H](CNC(=O)c3ccc(F)cc3)[C@@H]([C@@]3(C)CC[C@H](O)C[C@@H]3CO)CC[C@]12C. The maximum Gasteiger partial charge on any atom is 0.251 e. The van der Waals surface area contributed by atoms with Gasteiger partial charge in [0, 0.05) is 18.7 Å². The van der Waals surface area contributed by atoms with E-state index < -0.39 is 0 Å². The smallest absolute Gasteiger partial charge is 0.251 e. The van der Waals surface area contributed by atoms with Crippen molar-refractivity contribution in [1.82, 2.24) is 5.32 Å². The van der Waals surface area contributed by atoms with E-state index >= 15 is 0 Å². The lowest BCUT2D eigenvalue weighted by atomic mass is 9.49. The van der Waals surface area contributed by atoms with E-state index in [1.54, 1.807) is 0 Å². The topological polar surface area (TPSA) is 69.6 Å². The molecule has 0 aliphatic heterocycles. The molecule has 7 atom stereocenters. The van der Waals surface area contributed by atoms with E-state index in [0.717, 1.165) is 38.5 Å². The fourth-order valence-electron chi connectivity index (χ4n) is 7.38. The molecule has 0 unspecified atom stereocenters. The number of carbonyl (C=O) groups excluding carboxylic acids is 1. The second kappa shape index (κ2) is 8.90. The van der Waals surface area contributed by atoms with E-state index in [-0.39, 0.29) is 47.1 Å². The Bertz CT molecular complexity index is 855. The summed E-state index contributed by atoms with van der Waals surface area (Å²) in [6, 6.07) is 5.68. The second-order valence-corrected chi connectivity index (χ2v) is 11.0. The lowest BCUT2D eigenvalue weighted by Crippen LogP contribution is -2.53. The highest BCUT2D eigenvalue weighted by Crippen LogP contribution is 2.63. The minimum absolute atomic E-state index is 0.0650. The summed E-state index contributed by atoms with van der Waals surface area (Å²) in [5, 5.41) is 23.6. The van der Waals surface area contributed by atoms with Crippen LogP contribution in [0.4, 0.5) is 4.39 Å². The third kappa shape index (κ3) is 4.03. The van der Waals surface area contributed by atoms with Crippen LogP contribution >= 0.6 is 0 Å². The van der Waals surface area contributed by atoms with Crippen molar-refractivity contribution in [2.24, 2.45) is 34.5 Å². The van der Waals surface area contributed by atoms with Crippen molar-refractivity contribution in [2.45, 2.75) is 64.9 Å². The zero-order valence-corrected chi connectivity index (χ0v) is 19.4. The number of rotatable bonds is 5. The molecule has 3 aliphatic carbocycles. The van der Waals surface area contributed by atoms with Crippen LogP contribution in [0.2, 0.25) is 0 Å². The van der Waals surface area contributed by atoms with Gasteiger partial charge in [0.25, 0.3) is 5.91 Å². The lowest BCUT2D eigenvalue weighted by molar-refractivity contribution is -0.0928. The van der Waals surface area contributed by atoms with Gasteiger partial charge in [0.2, 0.25) is 0 Å². The first-order valence-corrected chi connectivity index (χ1v) is 12.2. The summed E-state index contributed by atoms with van der Waals surface area (Å²) in [5.41, 5.74) is 1.84. The lowest BCUT2D eigenvalue weighted by Gasteiger charge is -2.56. The summed E-state index contributed by atoms with van der Waals surface area (Å²) in [6.07, 6.45) is 6.25. The molecule has 0 spiro atoms. The first-order valence-electron chi connectivity index (χ1n) is 12.2. The van der Waals surface area contributed by atoms with E-state index in [1.807, 2.05) is 0 Å². The van der Waals surface area contributed by atoms with Gasteiger partial charge in [-0.2, -0.15) is 0 Å². The number of aliphatic hydroxyl groups excluding tert-OH is 2. The summed E-state index contributed by atoms with van der Waals surface area (Å²) in [7, 11) is 0. The van der Waals surface area contributed by atoms with Gasteiger partial charge in [0.05, 0.1) is 6.10 Å². The maximum atomic E-state index is 13.3. The van der Waals surface area contributed by atoms with Crippen molar-refractivity contribution in [3.8, 4) is 0 Å². The molecule has 3 fully saturated rings. The largest absolute Gasteiger partial charge is 0.396 e. The number of nitrogens with one attached hydrogen (secondary N) is 1. The van der Waals surface area contributed by atoms with Gasteiger partial charge in [-0.25, -0.2) is 4.39 Å². The molecule has 0 heterocycles. The Morgan fingerprint density at radius 3 is 2.56 bits per heavy atom. The van der Waals surface area contributed by atoms with Crippen LogP contribution in [0.5, 0.6) is 0 Å². The third-order valence-electron chi connectivity index (χ3n) is 9.57.